The van der Waals surface area contributed by atoms with E-state index in [1.165, 1.54) is 16.7 Å². The second kappa shape index (κ2) is 11.5. The van der Waals surface area contributed by atoms with Crippen molar-refractivity contribution in [2.75, 3.05) is 6.61 Å². The van der Waals surface area contributed by atoms with Crippen LogP contribution in [0, 0.1) is 0 Å². The number of ether oxygens (including phenoxy) is 3. The Morgan fingerprint density at radius 1 is 0.613 bits per heavy atom. The predicted molar refractivity (Wildman–Crippen MR) is 127 cm³/mol. The quantitative estimate of drug-likeness (QED) is 0.398. The molecule has 0 bridgehead atoms. The van der Waals surface area contributed by atoms with Crippen LogP contribution in [0.3, 0.4) is 0 Å². The average molecular weight is 435 g/mol. The van der Waals surface area contributed by atoms with Gasteiger partial charge in [-0.05, 0) is 16.7 Å². The number of rotatable bonds is 10. The van der Waals surface area contributed by atoms with Crippen molar-refractivity contribution in [3.8, 4) is 0 Å². The molecule has 1 unspecified atom stereocenters. The van der Waals surface area contributed by atoms with E-state index in [2.05, 4.69) is 67.6 Å². The molecule has 0 amide bonds. The van der Waals surface area contributed by atoms with E-state index in [1.807, 2.05) is 42.1 Å². The second-order valence-electron chi connectivity index (χ2n) is 7.90. The number of thioether (sulfide) groups is 1. The van der Waals surface area contributed by atoms with Gasteiger partial charge in [0.05, 0.1) is 43.9 Å². The normalized spacial score (nSPS) is 23.1. The van der Waals surface area contributed by atoms with E-state index in [0.717, 1.165) is 0 Å². The highest BCUT2D eigenvalue weighted by atomic mass is 32.2. The fourth-order valence-corrected chi connectivity index (χ4v) is 5.38. The molecule has 4 heteroatoms. The summed E-state index contributed by atoms with van der Waals surface area (Å²) in [5.74, 6) is 0. The highest BCUT2D eigenvalue weighted by Gasteiger charge is 2.43. The van der Waals surface area contributed by atoms with Crippen LogP contribution >= 0.6 is 11.8 Å². The van der Waals surface area contributed by atoms with E-state index in [0.29, 0.717) is 31.7 Å². The van der Waals surface area contributed by atoms with E-state index >= 15 is 0 Å². The van der Waals surface area contributed by atoms with Crippen molar-refractivity contribution in [1.82, 2.24) is 0 Å². The van der Waals surface area contributed by atoms with E-state index in [-0.39, 0.29) is 17.5 Å². The van der Waals surface area contributed by atoms with Crippen LogP contribution in [-0.4, -0.2) is 29.3 Å². The Morgan fingerprint density at radius 2 is 1.06 bits per heavy atom. The van der Waals surface area contributed by atoms with Crippen molar-refractivity contribution < 1.29 is 14.2 Å². The van der Waals surface area contributed by atoms with Gasteiger partial charge in [0.25, 0.3) is 0 Å². The lowest BCUT2D eigenvalue weighted by Gasteiger charge is -2.26. The molecule has 0 spiro atoms. The first-order valence-electron chi connectivity index (χ1n) is 10.9. The molecule has 3 aromatic carbocycles. The van der Waals surface area contributed by atoms with Crippen molar-refractivity contribution >= 4 is 11.8 Å². The van der Waals surface area contributed by atoms with Gasteiger partial charge in [-0.25, -0.2) is 0 Å². The van der Waals surface area contributed by atoms with Crippen LogP contribution in [0.15, 0.2) is 91.0 Å². The molecule has 1 heterocycles. The molecule has 3 nitrogen and oxygen atoms in total. The molecule has 1 aliphatic rings. The van der Waals surface area contributed by atoms with Crippen LogP contribution in [0.5, 0.6) is 0 Å². The fraction of sp³-hybridized carbons (Fsp3) is 0.333. The Bertz CT molecular complexity index is 888. The van der Waals surface area contributed by atoms with Crippen molar-refractivity contribution in [2.24, 2.45) is 0 Å². The van der Waals surface area contributed by atoms with Crippen LogP contribution in [0.1, 0.15) is 23.6 Å². The summed E-state index contributed by atoms with van der Waals surface area (Å²) in [5, 5.41) is 0.581. The van der Waals surface area contributed by atoms with Crippen LogP contribution in [-0.2, 0) is 34.0 Å². The third-order valence-electron chi connectivity index (χ3n) is 5.51. The Morgan fingerprint density at radius 3 is 1.58 bits per heavy atom. The zero-order valence-electron chi connectivity index (χ0n) is 17.9. The highest BCUT2D eigenvalue weighted by Crippen LogP contribution is 2.39. The Labute approximate surface area is 189 Å². The maximum Gasteiger partial charge on any atom is 0.0992 e. The smallest absolute Gasteiger partial charge is 0.0992 e. The molecule has 0 saturated carbocycles. The van der Waals surface area contributed by atoms with Gasteiger partial charge in [0.1, 0.15) is 0 Å². The predicted octanol–water partition coefficient (Wildman–Crippen LogP) is 5.88. The molecule has 1 aliphatic heterocycles. The van der Waals surface area contributed by atoms with Gasteiger partial charge in [0.15, 0.2) is 0 Å². The standard InChI is InChI=1S/C27H30O3S/c1-21-26(29-18-23-13-7-3-8-14-23)27(30-19-24-15-9-4-10-16-24)25(31-21)20-28-17-22-11-5-2-6-12-22/h2-16,21,25-27H,17-20H2,1H3/t21?,25-,26-,27-/m1/s1. The summed E-state index contributed by atoms with van der Waals surface area (Å²) in [6.45, 7) is 4.68. The molecule has 3 aromatic rings. The highest BCUT2D eigenvalue weighted by molar-refractivity contribution is 8.00. The molecule has 31 heavy (non-hydrogen) atoms. The number of hydrogen-bond donors (Lipinski definition) is 0. The van der Waals surface area contributed by atoms with Gasteiger partial charge in [-0.15, -0.1) is 11.8 Å². The van der Waals surface area contributed by atoms with Gasteiger partial charge < -0.3 is 14.2 Å². The summed E-state index contributed by atoms with van der Waals surface area (Å²) in [6, 6.07) is 31.0. The molecular formula is C27H30O3S. The first kappa shape index (κ1) is 22.1. The van der Waals surface area contributed by atoms with Gasteiger partial charge in [0.2, 0.25) is 0 Å². The lowest BCUT2D eigenvalue weighted by molar-refractivity contribution is -0.0841. The van der Waals surface area contributed by atoms with E-state index in [4.69, 9.17) is 14.2 Å². The van der Waals surface area contributed by atoms with Gasteiger partial charge >= 0.3 is 0 Å². The molecule has 4 rings (SSSR count). The summed E-state index contributed by atoms with van der Waals surface area (Å²) >= 11 is 1.91. The third-order valence-corrected chi connectivity index (χ3v) is 6.96. The van der Waals surface area contributed by atoms with E-state index < -0.39 is 0 Å². The SMILES string of the molecule is CC1S[C@H](COCc2ccccc2)[C@@H](OCc2ccccc2)[C@@H]1OCc1ccccc1. The molecule has 1 saturated heterocycles. The van der Waals surface area contributed by atoms with Crippen LogP contribution < -0.4 is 0 Å². The van der Waals surface area contributed by atoms with Crippen molar-refractivity contribution in [3.05, 3.63) is 108 Å². The summed E-state index contributed by atoms with van der Waals surface area (Å²) in [5.41, 5.74) is 3.56. The van der Waals surface area contributed by atoms with Crippen molar-refractivity contribution in [3.63, 3.8) is 0 Å². The maximum atomic E-state index is 6.45. The molecule has 1 fully saturated rings. The van der Waals surface area contributed by atoms with E-state index in [1.54, 1.807) is 0 Å². The Hall–Kier alpha value is -2.11. The van der Waals surface area contributed by atoms with Crippen LogP contribution in [0.25, 0.3) is 0 Å². The molecule has 0 aliphatic carbocycles. The lowest BCUT2D eigenvalue weighted by atomic mass is 10.1. The molecule has 0 radical (unpaired) electrons. The molecular weight excluding hydrogens is 404 g/mol. The minimum atomic E-state index is -0.0142. The Kier molecular flexibility index (Phi) is 8.19. The first-order chi connectivity index (χ1) is 15.3. The van der Waals surface area contributed by atoms with Gasteiger partial charge in [-0.2, -0.15) is 0 Å². The maximum absolute atomic E-state index is 6.45. The first-order valence-corrected chi connectivity index (χ1v) is 11.8. The van der Waals surface area contributed by atoms with Crippen LogP contribution in [0.4, 0.5) is 0 Å². The number of benzene rings is 3. The zero-order chi connectivity index (χ0) is 21.3. The largest absolute Gasteiger partial charge is 0.376 e. The zero-order valence-corrected chi connectivity index (χ0v) is 18.7. The van der Waals surface area contributed by atoms with E-state index in [9.17, 15) is 0 Å². The fourth-order valence-electron chi connectivity index (χ4n) is 3.88. The lowest BCUT2D eigenvalue weighted by Crippen LogP contribution is -2.38. The monoisotopic (exact) mass is 434 g/mol. The van der Waals surface area contributed by atoms with Crippen LogP contribution in [0.2, 0.25) is 0 Å². The average Bonchev–Trinajstić information content (AvgIpc) is 3.12. The summed E-state index contributed by atoms with van der Waals surface area (Å²) in [4.78, 5) is 0. The summed E-state index contributed by atoms with van der Waals surface area (Å²) in [7, 11) is 0. The molecule has 162 valence electrons. The van der Waals surface area contributed by atoms with Gasteiger partial charge in [-0.1, -0.05) is 97.9 Å². The van der Waals surface area contributed by atoms with Crippen molar-refractivity contribution in [1.29, 1.82) is 0 Å². The van der Waals surface area contributed by atoms with Gasteiger partial charge in [-0.3, -0.25) is 0 Å². The van der Waals surface area contributed by atoms with Crippen molar-refractivity contribution in [2.45, 2.75) is 49.5 Å². The molecule has 0 N–H and O–H groups in total. The summed E-state index contributed by atoms with van der Waals surface area (Å²) in [6.07, 6.45) is 0.0129. The second-order valence-corrected chi connectivity index (χ2v) is 9.52. The minimum Gasteiger partial charge on any atom is -0.376 e. The topological polar surface area (TPSA) is 27.7 Å². The Balaban J connectivity index is 1.39. The third kappa shape index (κ3) is 6.44. The number of hydrogen-bond acceptors (Lipinski definition) is 4. The molecule has 0 aromatic heterocycles. The minimum absolute atomic E-state index is 0.0142. The molecule has 4 atom stereocenters. The summed E-state index contributed by atoms with van der Waals surface area (Å²) < 4.78 is 18.9. The van der Waals surface area contributed by atoms with Gasteiger partial charge in [0, 0.05) is 5.25 Å².